The Morgan fingerprint density at radius 3 is 2.46 bits per heavy atom. The van der Waals surface area contributed by atoms with Crippen molar-refractivity contribution < 1.29 is 9.18 Å². The number of carbonyl (C=O) groups is 1. The number of hydrogen-bond acceptors (Lipinski definition) is 2. The first-order chi connectivity index (χ1) is 12.4. The normalized spacial score (nSPS) is 10.7. The summed E-state index contributed by atoms with van der Waals surface area (Å²) in [5.41, 5.74) is 2.30. The summed E-state index contributed by atoms with van der Waals surface area (Å²) in [4.78, 5) is 24.7. The van der Waals surface area contributed by atoms with Crippen LogP contribution in [0.3, 0.4) is 0 Å². The molecule has 0 aliphatic heterocycles. The average molecular weight is 465 g/mol. The first-order valence-corrected chi connectivity index (χ1v) is 9.14. The molecule has 0 fully saturated rings. The summed E-state index contributed by atoms with van der Waals surface area (Å²) in [6, 6.07) is 13.1. The van der Waals surface area contributed by atoms with E-state index in [1.54, 1.807) is 6.92 Å². The monoisotopic (exact) mass is 465 g/mol. The number of carbonyl (C=O) groups excluding carboxylic acids is 1. The van der Waals surface area contributed by atoms with Crippen molar-refractivity contribution in [2.45, 2.75) is 19.8 Å². The van der Waals surface area contributed by atoms with Gasteiger partial charge in [0.2, 0.25) is 5.91 Å². The molecule has 3 aromatic rings. The fraction of sp³-hybridized carbons (Fsp3) is 0.158. The van der Waals surface area contributed by atoms with E-state index in [2.05, 4.69) is 33.0 Å². The van der Waals surface area contributed by atoms with Crippen LogP contribution in [0.15, 0.2) is 53.3 Å². The molecular formula is C19H17FIN3O2. The average Bonchev–Trinajstić information content (AvgIpc) is 2.90. The largest absolute Gasteiger partial charge is 0.326 e. The van der Waals surface area contributed by atoms with Crippen LogP contribution >= 0.6 is 22.6 Å². The molecule has 134 valence electrons. The quantitative estimate of drug-likeness (QED) is 0.564. The molecule has 0 saturated carbocycles. The van der Waals surface area contributed by atoms with E-state index in [-0.39, 0.29) is 23.7 Å². The zero-order valence-corrected chi connectivity index (χ0v) is 16.2. The van der Waals surface area contributed by atoms with Crippen LogP contribution < -0.4 is 10.9 Å². The number of H-pyrrole nitrogens is 1. The molecule has 1 heterocycles. The maximum absolute atomic E-state index is 13.1. The molecule has 1 amide bonds. The Balaban J connectivity index is 1.70. The molecule has 3 rings (SSSR count). The van der Waals surface area contributed by atoms with Gasteiger partial charge in [0.05, 0.1) is 5.69 Å². The highest BCUT2D eigenvalue weighted by atomic mass is 127. The fourth-order valence-corrected chi connectivity index (χ4v) is 3.00. The number of nitrogens with zero attached hydrogens (tertiary/aromatic N) is 1. The lowest BCUT2D eigenvalue weighted by Crippen LogP contribution is -2.19. The van der Waals surface area contributed by atoms with Gasteiger partial charge in [-0.2, -0.15) is 0 Å². The van der Waals surface area contributed by atoms with Crippen LogP contribution in [0.1, 0.15) is 17.7 Å². The summed E-state index contributed by atoms with van der Waals surface area (Å²) < 4.78 is 15.5. The topological polar surface area (TPSA) is 66.9 Å². The summed E-state index contributed by atoms with van der Waals surface area (Å²) in [5.74, 6) is -0.517. The Morgan fingerprint density at radius 1 is 1.15 bits per heavy atom. The highest BCUT2D eigenvalue weighted by Gasteiger charge is 2.14. The van der Waals surface area contributed by atoms with Crippen molar-refractivity contribution in [3.63, 3.8) is 0 Å². The second-order valence-electron chi connectivity index (χ2n) is 5.89. The Bertz CT molecular complexity index is 976. The standard InChI is InChI=1S/C19H17FIN3O2/c1-12-17(10-11-18(25)22-15-6-4-14(21)5-7-15)19(26)24(23-12)16-8-2-13(20)3-9-16/h2-9,23H,10-11H2,1H3,(H,22,25). The second kappa shape index (κ2) is 7.86. The van der Waals surface area contributed by atoms with Gasteiger partial charge in [-0.15, -0.1) is 0 Å². The van der Waals surface area contributed by atoms with Crippen LogP contribution in [0, 0.1) is 16.3 Å². The molecule has 0 radical (unpaired) electrons. The molecule has 2 N–H and O–H groups in total. The first-order valence-electron chi connectivity index (χ1n) is 8.06. The number of nitrogens with one attached hydrogen (secondary N) is 2. The summed E-state index contributed by atoms with van der Waals surface area (Å²) in [7, 11) is 0. The summed E-state index contributed by atoms with van der Waals surface area (Å²) in [5, 5.41) is 5.80. The van der Waals surface area contributed by atoms with Crippen LogP contribution in [0.4, 0.5) is 10.1 Å². The number of aromatic amines is 1. The summed E-state index contributed by atoms with van der Waals surface area (Å²) >= 11 is 2.20. The van der Waals surface area contributed by atoms with Gasteiger partial charge >= 0.3 is 0 Å². The Hall–Kier alpha value is -2.42. The summed E-state index contributed by atoms with van der Waals surface area (Å²) in [6.07, 6.45) is 0.523. The number of benzene rings is 2. The van der Waals surface area contributed by atoms with Gasteiger partial charge in [0.1, 0.15) is 5.82 Å². The molecule has 0 saturated heterocycles. The first kappa shape index (κ1) is 18.4. The maximum Gasteiger partial charge on any atom is 0.274 e. The van der Waals surface area contributed by atoms with Crippen LogP contribution in [0.25, 0.3) is 5.69 Å². The molecule has 26 heavy (non-hydrogen) atoms. The Morgan fingerprint density at radius 2 is 1.81 bits per heavy atom. The van der Waals surface area contributed by atoms with Gasteiger partial charge in [0, 0.05) is 26.9 Å². The van der Waals surface area contributed by atoms with Crippen LogP contribution in [-0.4, -0.2) is 15.7 Å². The molecule has 0 atom stereocenters. The molecule has 0 spiro atoms. The number of aromatic nitrogens is 2. The predicted molar refractivity (Wildman–Crippen MR) is 107 cm³/mol. The molecule has 7 heteroatoms. The minimum absolute atomic E-state index is 0.153. The van der Waals surface area contributed by atoms with Gasteiger partial charge in [-0.3, -0.25) is 14.7 Å². The molecule has 0 aliphatic carbocycles. The minimum atomic E-state index is -0.363. The molecule has 0 bridgehead atoms. The molecule has 0 aliphatic rings. The van der Waals surface area contributed by atoms with E-state index in [1.807, 2.05) is 24.3 Å². The van der Waals surface area contributed by atoms with Gasteiger partial charge in [0.15, 0.2) is 0 Å². The van der Waals surface area contributed by atoms with E-state index in [0.717, 1.165) is 9.26 Å². The van der Waals surface area contributed by atoms with E-state index >= 15 is 0 Å². The van der Waals surface area contributed by atoms with Crippen LogP contribution in [0.2, 0.25) is 0 Å². The zero-order chi connectivity index (χ0) is 18.7. The van der Waals surface area contributed by atoms with Gasteiger partial charge in [0.25, 0.3) is 5.56 Å². The van der Waals surface area contributed by atoms with E-state index in [4.69, 9.17) is 0 Å². The minimum Gasteiger partial charge on any atom is -0.326 e. The Kier molecular flexibility index (Phi) is 5.55. The molecular weight excluding hydrogens is 448 g/mol. The number of amides is 1. The Labute approximate surface area is 163 Å². The third-order valence-corrected chi connectivity index (χ3v) is 4.73. The van der Waals surface area contributed by atoms with Crippen LogP contribution in [0.5, 0.6) is 0 Å². The molecule has 1 aromatic heterocycles. The number of hydrogen-bond donors (Lipinski definition) is 2. The van der Waals surface area contributed by atoms with Crippen molar-refractivity contribution in [1.29, 1.82) is 0 Å². The van der Waals surface area contributed by atoms with Crippen molar-refractivity contribution in [2.75, 3.05) is 5.32 Å². The van der Waals surface area contributed by atoms with Gasteiger partial charge in [-0.05, 0) is 84.5 Å². The highest BCUT2D eigenvalue weighted by molar-refractivity contribution is 14.1. The zero-order valence-electron chi connectivity index (χ0n) is 14.1. The van der Waals surface area contributed by atoms with E-state index in [1.165, 1.54) is 28.9 Å². The number of anilines is 1. The van der Waals surface area contributed by atoms with E-state index < -0.39 is 0 Å². The number of halogens is 2. The second-order valence-corrected chi connectivity index (χ2v) is 7.13. The smallest absolute Gasteiger partial charge is 0.274 e. The third kappa shape index (κ3) is 4.21. The van der Waals surface area contributed by atoms with E-state index in [9.17, 15) is 14.0 Å². The van der Waals surface area contributed by atoms with E-state index in [0.29, 0.717) is 23.4 Å². The maximum atomic E-state index is 13.1. The van der Waals surface area contributed by atoms with Gasteiger partial charge < -0.3 is 5.32 Å². The highest BCUT2D eigenvalue weighted by Crippen LogP contribution is 2.13. The lowest BCUT2D eigenvalue weighted by atomic mass is 10.1. The third-order valence-electron chi connectivity index (χ3n) is 4.01. The van der Waals surface area contributed by atoms with Crippen molar-refractivity contribution >= 4 is 34.2 Å². The van der Waals surface area contributed by atoms with Crippen molar-refractivity contribution in [3.05, 3.63) is 79.5 Å². The molecule has 5 nitrogen and oxygen atoms in total. The van der Waals surface area contributed by atoms with Gasteiger partial charge in [-0.25, -0.2) is 9.07 Å². The predicted octanol–water partition coefficient (Wildman–Crippen LogP) is 3.79. The lowest BCUT2D eigenvalue weighted by Gasteiger charge is -2.04. The number of rotatable bonds is 5. The van der Waals surface area contributed by atoms with Crippen molar-refractivity contribution in [1.82, 2.24) is 9.78 Å². The van der Waals surface area contributed by atoms with Gasteiger partial charge in [-0.1, -0.05) is 0 Å². The van der Waals surface area contributed by atoms with Crippen molar-refractivity contribution in [3.8, 4) is 5.69 Å². The van der Waals surface area contributed by atoms with Crippen molar-refractivity contribution in [2.24, 2.45) is 0 Å². The lowest BCUT2D eigenvalue weighted by molar-refractivity contribution is -0.116. The number of aryl methyl sites for hydroxylation is 1. The molecule has 2 aromatic carbocycles. The summed E-state index contributed by atoms with van der Waals surface area (Å²) in [6.45, 7) is 1.79. The fourth-order valence-electron chi connectivity index (χ4n) is 2.64. The SMILES string of the molecule is Cc1[nH]n(-c2ccc(F)cc2)c(=O)c1CCC(=O)Nc1ccc(I)cc1. The van der Waals surface area contributed by atoms with Crippen LogP contribution in [-0.2, 0) is 11.2 Å². The molecule has 0 unspecified atom stereocenters.